The molecule has 5 nitrogen and oxygen atoms in total. The predicted molar refractivity (Wildman–Crippen MR) is 116 cm³/mol. The van der Waals surface area contributed by atoms with E-state index in [-0.39, 0.29) is 12.1 Å². The van der Waals surface area contributed by atoms with Crippen molar-refractivity contribution in [1.29, 1.82) is 0 Å². The van der Waals surface area contributed by atoms with Crippen LogP contribution in [0.1, 0.15) is 24.2 Å². The average molecular weight is 430 g/mol. The Morgan fingerprint density at radius 2 is 1.79 bits per heavy atom. The topological polar surface area (TPSA) is 46.5 Å². The number of fused-ring (bicyclic) bond motifs is 1. The minimum atomic E-state index is -0.244. The summed E-state index contributed by atoms with van der Waals surface area (Å²) in [6.07, 6.45) is 2.04. The summed E-state index contributed by atoms with van der Waals surface area (Å²) in [4.78, 5) is 15.0. The van der Waals surface area contributed by atoms with E-state index in [9.17, 15) is 4.79 Å². The van der Waals surface area contributed by atoms with Crippen molar-refractivity contribution in [2.24, 2.45) is 0 Å². The second-order valence-electron chi connectivity index (χ2n) is 6.75. The third-order valence-corrected chi connectivity index (χ3v) is 5.63. The minimum Gasteiger partial charge on any atom is -0.494 e. The number of nitrogens with one attached hydrogen (secondary N) is 1. The van der Waals surface area contributed by atoms with E-state index in [1.165, 1.54) is 0 Å². The van der Waals surface area contributed by atoms with Crippen LogP contribution in [0.15, 0.2) is 60.8 Å². The lowest BCUT2D eigenvalue weighted by molar-refractivity contribution is 0.182. The molecule has 1 aliphatic rings. The summed E-state index contributed by atoms with van der Waals surface area (Å²) in [6.45, 7) is 3.85. The summed E-state index contributed by atoms with van der Waals surface area (Å²) >= 11 is 12.5. The van der Waals surface area contributed by atoms with Crippen molar-refractivity contribution in [1.82, 2.24) is 9.47 Å². The van der Waals surface area contributed by atoms with E-state index in [0.717, 1.165) is 23.6 Å². The molecule has 150 valence electrons. The molecule has 1 aromatic heterocycles. The quantitative estimate of drug-likeness (QED) is 0.566. The number of halogens is 2. The lowest BCUT2D eigenvalue weighted by atomic mass is 10.00. The molecule has 1 aliphatic heterocycles. The van der Waals surface area contributed by atoms with E-state index in [1.54, 1.807) is 18.2 Å². The van der Waals surface area contributed by atoms with Gasteiger partial charge in [0.05, 0.1) is 28.4 Å². The van der Waals surface area contributed by atoms with Crippen molar-refractivity contribution in [2.45, 2.75) is 19.5 Å². The highest BCUT2D eigenvalue weighted by molar-refractivity contribution is 6.39. The lowest BCUT2D eigenvalue weighted by Crippen LogP contribution is -2.44. The molecule has 1 atom stereocenters. The summed E-state index contributed by atoms with van der Waals surface area (Å²) in [5.41, 5.74) is 2.49. The highest BCUT2D eigenvalue weighted by Gasteiger charge is 2.32. The first-order valence-electron chi connectivity index (χ1n) is 9.48. The molecule has 0 bridgehead atoms. The van der Waals surface area contributed by atoms with E-state index < -0.39 is 0 Å². The zero-order chi connectivity index (χ0) is 20.4. The molecule has 0 saturated heterocycles. The number of para-hydroxylation sites is 1. The average Bonchev–Trinajstić information content (AvgIpc) is 3.20. The van der Waals surface area contributed by atoms with Crippen LogP contribution in [-0.2, 0) is 6.54 Å². The third-order valence-electron chi connectivity index (χ3n) is 5.00. The molecule has 0 saturated carbocycles. The highest BCUT2D eigenvalue weighted by Crippen LogP contribution is 2.35. The number of carbonyl (C=O) groups excluding carboxylic acids is 1. The van der Waals surface area contributed by atoms with Crippen molar-refractivity contribution in [3.05, 3.63) is 82.1 Å². The molecule has 1 N–H and O–H groups in total. The highest BCUT2D eigenvalue weighted by atomic mass is 35.5. The largest absolute Gasteiger partial charge is 0.494 e. The number of amides is 2. The maximum absolute atomic E-state index is 13.2. The van der Waals surface area contributed by atoms with Crippen LogP contribution < -0.4 is 10.1 Å². The van der Waals surface area contributed by atoms with E-state index in [0.29, 0.717) is 28.9 Å². The summed E-state index contributed by atoms with van der Waals surface area (Å²) in [6, 6.07) is 16.6. The van der Waals surface area contributed by atoms with E-state index in [4.69, 9.17) is 27.9 Å². The van der Waals surface area contributed by atoms with Gasteiger partial charge in [-0.3, -0.25) is 0 Å². The third kappa shape index (κ3) is 3.93. The molecular formula is C22H21Cl2N3O2. The van der Waals surface area contributed by atoms with Gasteiger partial charge in [-0.15, -0.1) is 0 Å². The Bertz CT molecular complexity index is 997. The van der Waals surface area contributed by atoms with Crippen molar-refractivity contribution in [3.8, 4) is 5.75 Å². The molecule has 0 aliphatic carbocycles. The number of ether oxygens (including phenoxy) is 1. The number of benzene rings is 2. The Morgan fingerprint density at radius 3 is 2.48 bits per heavy atom. The number of aromatic nitrogens is 1. The van der Waals surface area contributed by atoms with E-state index in [1.807, 2.05) is 54.4 Å². The van der Waals surface area contributed by atoms with Crippen LogP contribution in [0.25, 0.3) is 0 Å². The Kier molecular flexibility index (Phi) is 5.69. The summed E-state index contributed by atoms with van der Waals surface area (Å²) in [5.74, 6) is 0.807. The number of anilines is 1. The fraction of sp³-hybridized carbons (Fsp3) is 0.227. The first kappa shape index (κ1) is 19.7. The number of hydrogen-bond donors (Lipinski definition) is 1. The molecule has 0 radical (unpaired) electrons. The van der Waals surface area contributed by atoms with Crippen LogP contribution in [0, 0.1) is 0 Å². The number of rotatable bonds is 4. The molecule has 7 heteroatoms. The standard InChI is InChI=1S/C22H21Cl2N3O2/c1-2-29-16-10-8-15(9-11-16)21-19-7-4-12-26(19)13-14-27(21)22(28)25-20-17(23)5-3-6-18(20)24/h3-12,21H,2,13-14H2,1H3,(H,25,28)/t21-/m0/s1. The molecule has 4 rings (SSSR count). The fourth-order valence-electron chi connectivity index (χ4n) is 3.66. The van der Waals surface area contributed by atoms with Crippen LogP contribution in [0.5, 0.6) is 5.75 Å². The molecule has 3 aromatic rings. The van der Waals surface area contributed by atoms with E-state index in [2.05, 4.69) is 9.88 Å². The molecule has 2 amide bonds. The van der Waals surface area contributed by atoms with Crippen LogP contribution in [0.4, 0.5) is 10.5 Å². The Labute approximate surface area is 179 Å². The predicted octanol–water partition coefficient (Wildman–Crippen LogP) is 5.83. The van der Waals surface area contributed by atoms with Gasteiger partial charge in [-0.05, 0) is 48.9 Å². The van der Waals surface area contributed by atoms with Gasteiger partial charge in [0.15, 0.2) is 0 Å². The lowest BCUT2D eigenvalue weighted by Gasteiger charge is -2.37. The van der Waals surface area contributed by atoms with E-state index >= 15 is 0 Å². The summed E-state index contributed by atoms with van der Waals surface area (Å²) < 4.78 is 7.73. The van der Waals surface area contributed by atoms with Crippen LogP contribution in [0.2, 0.25) is 10.0 Å². The van der Waals surface area contributed by atoms with Gasteiger partial charge in [0.2, 0.25) is 0 Å². The summed E-state index contributed by atoms with van der Waals surface area (Å²) in [5, 5.41) is 3.70. The van der Waals surface area contributed by atoms with Crippen molar-refractivity contribution in [3.63, 3.8) is 0 Å². The number of carbonyl (C=O) groups is 1. The van der Waals surface area contributed by atoms with Gasteiger partial charge in [0, 0.05) is 25.0 Å². The van der Waals surface area contributed by atoms with Crippen molar-refractivity contribution in [2.75, 3.05) is 18.5 Å². The number of urea groups is 1. The van der Waals surface area contributed by atoms with Gasteiger partial charge in [-0.2, -0.15) is 0 Å². The molecule has 2 heterocycles. The number of hydrogen-bond acceptors (Lipinski definition) is 2. The SMILES string of the molecule is CCOc1ccc([C@H]2c3cccn3CCN2C(=O)Nc2c(Cl)cccc2Cl)cc1. The van der Waals surface area contributed by atoms with Crippen LogP contribution >= 0.6 is 23.2 Å². The van der Waals surface area contributed by atoms with Gasteiger partial charge in [-0.1, -0.05) is 41.4 Å². The van der Waals surface area contributed by atoms with Gasteiger partial charge in [-0.25, -0.2) is 4.79 Å². The minimum absolute atomic E-state index is 0.226. The Morgan fingerprint density at radius 1 is 1.07 bits per heavy atom. The Hall–Kier alpha value is -2.63. The first-order valence-corrected chi connectivity index (χ1v) is 10.2. The van der Waals surface area contributed by atoms with Crippen LogP contribution in [-0.4, -0.2) is 28.6 Å². The molecule has 0 spiro atoms. The first-order chi connectivity index (χ1) is 14.1. The fourth-order valence-corrected chi connectivity index (χ4v) is 4.15. The van der Waals surface area contributed by atoms with Crippen molar-refractivity contribution < 1.29 is 9.53 Å². The molecule has 2 aromatic carbocycles. The zero-order valence-corrected chi connectivity index (χ0v) is 17.5. The molecule has 0 unspecified atom stereocenters. The maximum atomic E-state index is 13.2. The zero-order valence-electron chi connectivity index (χ0n) is 15.9. The normalized spacial score (nSPS) is 15.7. The number of nitrogens with zero attached hydrogens (tertiary/aromatic N) is 2. The smallest absolute Gasteiger partial charge is 0.322 e. The summed E-state index contributed by atoms with van der Waals surface area (Å²) in [7, 11) is 0. The maximum Gasteiger partial charge on any atom is 0.322 e. The van der Waals surface area contributed by atoms with Crippen LogP contribution in [0.3, 0.4) is 0 Å². The van der Waals surface area contributed by atoms with Gasteiger partial charge in [0.25, 0.3) is 0 Å². The monoisotopic (exact) mass is 429 g/mol. The second kappa shape index (κ2) is 8.39. The van der Waals surface area contributed by atoms with Gasteiger partial charge >= 0.3 is 6.03 Å². The molecule has 29 heavy (non-hydrogen) atoms. The molecular weight excluding hydrogens is 409 g/mol. The Balaban J connectivity index is 1.67. The van der Waals surface area contributed by atoms with Gasteiger partial charge < -0.3 is 19.5 Å². The van der Waals surface area contributed by atoms with Crippen molar-refractivity contribution >= 4 is 34.9 Å². The molecule has 0 fully saturated rings. The van der Waals surface area contributed by atoms with Gasteiger partial charge in [0.1, 0.15) is 5.75 Å². The second-order valence-corrected chi connectivity index (χ2v) is 7.57.